The molecule has 2 amide bonds. The van der Waals surface area contributed by atoms with Crippen LogP contribution >= 0.6 is 0 Å². The normalized spacial score (nSPS) is 15.9. The summed E-state index contributed by atoms with van der Waals surface area (Å²) in [7, 11) is 3.55. The first-order chi connectivity index (χ1) is 12.1. The fraction of sp³-hybridized carbons (Fsp3) is 0.389. The molecule has 3 rings (SSSR count). The van der Waals surface area contributed by atoms with Crippen molar-refractivity contribution >= 4 is 23.2 Å². The zero-order valence-electron chi connectivity index (χ0n) is 14.5. The van der Waals surface area contributed by atoms with Gasteiger partial charge in [0.15, 0.2) is 0 Å². The Hall–Kier alpha value is -2.67. The van der Waals surface area contributed by atoms with Crippen molar-refractivity contribution in [3.63, 3.8) is 0 Å². The molecule has 1 fully saturated rings. The molecule has 0 spiro atoms. The lowest BCUT2D eigenvalue weighted by molar-refractivity contribution is -0.119. The van der Waals surface area contributed by atoms with Crippen molar-refractivity contribution in [2.75, 3.05) is 23.8 Å². The van der Waals surface area contributed by atoms with Gasteiger partial charge in [0.2, 0.25) is 11.8 Å². The number of benzene rings is 1. The zero-order chi connectivity index (χ0) is 17.8. The summed E-state index contributed by atoms with van der Waals surface area (Å²) in [5.41, 5.74) is 2.29. The number of carbonyl (C=O) groups is 2. The van der Waals surface area contributed by atoms with Gasteiger partial charge in [0.05, 0.1) is 6.20 Å². The van der Waals surface area contributed by atoms with Gasteiger partial charge in [0.1, 0.15) is 6.04 Å². The first kappa shape index (κ1) is 17.2. The maximum absolute atomic E-state index is 12.6. The van der Waals surface area contributed by atoms with Crippen LogP contribution in [-0.4, -0.2) is 35.2 Å². The van der Waals surface area contributed by atoms with Crippen LogP contribution in [0.2, 0.25) is 0 Å². The monoisotopic (exact) mass is 341 g/mol. The molecular formula is C18H23N5O2. The van der Waals surface area contributed by atoms with E-state index in [1.807, 2.05) is 37.5 Å². The number of nitrogens with zero attached hydrogens (tertiary/aromatic N) is 3. The lowest BCUT2D eigenvalue weighted by atomic mass is 10.1. The second-order valence-electron chi connectivity index (χ2n) is 6.21. The number of hydrogen-bond acceptors (Lipinski definition) is 4. The smallest absolute Gasteiger partial charge is 0.246 e. The number of carbonyl (C=O) groups excluding carboxylic acids is 2. The number of aryl methyl sites for hydroxylation is 1. The molecule has 0 saturated carbocycles. The highest BCUT2D eigenvalue weighted by Crippen LogP contribution is 2.24. The second kappa shape index (κ2) is 7.48. The van der Waals surface area contributed by atoms with E-state index in [0.717, 1.165) is 30.6 Å². The van der Waals surface area contributed by atoms with Gasteiger partial charge in [-0.2, -0.15) is 5.10 Å². The molecule has 1 saturated heterocycles. The first-order valence-corrected chi connectivity index (χ1v) is 8.45. The van der Waals surface area contributed by atoms with Gasteiger partial charge in [-0.1, -0.05) is 6.07 Å². The molecule has 7 nitrogen and oxygen atoms in total. The van der Waals surface area contributed by atoms with Gasteiger partial charge in [0, 0.05) is 43.1 Å². The predicted octanol–water partition coefficient (Wildman–Crippen LogP) is 1.84. The van der Waals surface area contributed by atoms with E-state index in [1.54, 1.807) is 22.8 Å². The Kier molecular flexibility index (Phi) is 5.14. The van der Waals surface area contributed by atoms with Gasteiger partial charge in [-0.15, -0.1) is 0 Å². The van der Waals surface area contributed by atoms with Crippen LogP contribution in [0.25, 0.3) is 0 Å². The topological polar surface area (TPSA) is 79.3 Å². The third kappa shape index (κ3) is 3.88. The van der Waals surface area contributed by atoms with Gasteiger partial charge in [-0.05, 0) is 38.1 Å². The van der Waals surface area contributed by atoms with Gasteiger partial charge in [-0.25, -0.2) is 0 Å². The number of rotatable bonds is 5. The fourth-order valence-electron chi connectivity index (χ4n) is 3.08. The summed E-state index contributed by atoms with van der Waals surface area (Å²) in [4.78, 5) is 26.5. The average Bonchev–Trinajstić information content (AvgIpc) is 3.02. The Bertz CT molecular complexity index is 770. The standard InChI is InChI=1S/C18H23N5O2/c1-19-17(13-11-20-22(2)12-13)18(25)21-14-6-5-7-15(10-14)23-9-4-3-8-16(23)24/h5-7,10-12,17,19H,3-4,8-9H2,1-2H3,(H,21,25). The Morgan fingerprint density at radius 3 is 2.84 bits per heavy atom. The minimum Gasteiger partial charge on any atom is -0.324 e. The molecule has 0 radical (unpaired) electrons. The number of piperidine rings is 1. The molecule has 1 unspecified atom stereocenters. The SMILES string of the molecule is CNC(C(=O)Nc1cccc(N2CCCCC2=O)c1)c1cnn(C)c1. The highest BCUT2D eigenvalue weighted by molar-refractivity contribution is 5.97. The van der Waals surface area contributed by atoms with Crippen molar-refractivity contribution in [1.29, 1.82) is 0 Å². The summed E-state index contributed by atoms with van der Waals surface area (Å²) in [5, 5.41) is 10.0. The van der Waals surface area contributed by atoms with E-state index in [0.29, 0.717) is 12.1 Å². The largest absolute Gasteiger partial charge is 0.324 e. The van der Waals surface area contributed by atoms with Gasteiger partial charge >= 0.3 is 0 Å². The lowest BCUT2D eigenvalue weighted by Crippen LogP contribution is -2.35. The van der Waals surface area contributed by atoms with Crippen LogP contribution in [0.15, 0.2) is 36.7 Å². The quantitative estimate of drug-likeness (QED) is 0.870. The van der Waals surface area contributed by atoms with Gasteiger partial charge in [-0.3, -0.25) is 14.3 Å². The summed E-state index contributed by atoms with van der Waals surface area (Å²) in [5.74, 6) is -0.0317. The predicted molar refractivity (Wildman–Crippen MR) is 96.3 cm³/mol. The van der Waals surface area contributed by atoms with E-state index < -0.39 is 6.04 Å². The third-order valence-corrected chi connectivity index (χ3v) is 4.36. The molecule has 2 aromatic rings. The van der Waals surface area contributed by atoms with Crippen molar-refractivity contribution in [1.82, 2.24) is 15.1 Å². The Labute approximate surface area is 147 Å². The van der Waals surface area contributed by atoms with Gasteiger partial charge in [0.25, 0.3) is 0 Å². The summed E-state index contributed by atoms with van der Waals surface area (Å²) < 4.78 is 1.66. The molecule has 25 heavy (non-hydrogen) atoms. The molecule has 1 aromatic carbocycles. The van der Waals surface area contributed by atoms with Crippen LogP contribution in [0.1, 0.15) is 30.9 Å². The van der Waals surface area contributed by atoms with Crippen molar-refractivity contribution < 1.29 is 9.59 Å². The van der Waals surface area contributed by atoms with Crippen molar-refractivity contribution in [2.24, 2.45) is 7.05 Å². The van der Waals surface area contributed by atoms with Crippen LogP contribution in [0.5, 0.6) is 0 Å². The molecule has 1 aromatic heterocycles. The first-order valence-electron chi connectivity index (χ1n) is 8.45. The van der Waals surface area contributed by atoms with Crippen LogP contribution in [0, 0.1) is 0 Å². The van der Waals surface area contributed by atoms with Gasteiger partial charge < -0.3 is 15.5 Å². The Morgan fingerprint density at radius 1 is 1.32 bits per heavy atom. The third-order valence-electron chi connectivity index (χ3n) is 4.36. The number of hydrogen-bond donors (Lipinski definition) is 2. The molecule has 132 valence electrons. The van der Waals surface area contributed by atoms with Crippen LogP contribution in [0.3, 0.4) is 0 Å². The van der Waals surface area contributed by atoms with E-state index in [-0.39, 0.29) is 11.8 Å². The molecule has 2 N–H and O–H groups in total. The number of aromatic nitrogens is 2. The summed E-state index contributed by atoms with van der Waals surface area (Å²) in [6.45, 7) is 0.727. The van der Waals surface area contributed by atoms with E-state index in [1.165, 1.54) is 0 Å². The fourth-order valence-corrected chi connectivity index (χ4v) is 3.08. The van der Waals surface area contributed by atoms with Crippen LogP contribution < -0.4 is 15.5 Å². The Balaban J connectivity index is 1.74. The van der Waals surface area contributed by atoms with Crippen molar-refractivity contribution in [3.8, 4) is 0 Å². The maximum atomic E-state index is 12.6. The Morgan fingerprint density at radius 2 is 2.16 bits per heavy atom. The molecule has 0 bridgehead atoms. The van der Waals surface area contributed by atoms with Crippen molar-refractivity contribution in [3.05, 3.63) is 42.2 Å². The molecule has 1 atom stereocenters. The molecule has 1 aliphatic rings. The van der Waals surface area contributed by atoms with Crippen molar-refractivity contribution in [2.45, 2.75) is 25.3 Å². The van der Waals surface area contributed by atoms with E-state index >= 15 is 0 Å². The van der Waals surface area contributed by atoms with Crippen LogP contribution in [0.4, 0.5) is 11.4 Å². The molecular weight excluding hydrogens is 318 g/mol. The number of amides is 2. The molecule has 2 heterocycles. The van der Waals surface area contributed by atoms with Crippen LogP contribution in [-0.2, 0) is 16.6 Å². The summed E-state index contributed by atoms with van der Waals surface area (Å²) in [6, 6.07) is 6.93. The number of anilines is 2. The van der Waals surface area contributed by atoms with E-state index in [2.05, 4.69) is 15.7 Å². The highest BCUT2D eigenvalue weighted by atomic mass is 16.2. The number of nitrogens with one attached hydrogen (secondary N) is 2. The minimum atomic E-state index is -0.492. The zero-order valence-corrected chi connectivity index (χ0v) is 14.5. The van der Waals surface area contributed by atoms with E-state index in [9.17, 15) is 9.59 Å². The molecule has 1 aliphatic heterocycles. The minimum absolute atomic E-state index is 0.137. The summed E-state index contributed by atoms with van der Waals surface area (Å²) >= 11 is 0. The molecule has 0 aliphatic carbocycles. The molecule has 7 heteroatoms. The summed E-state index contributed by atoms with van der Waals surface area (Å²) in [6.07, 6.45) is 6.01. The van der Waals surface area contributed by atoms with E-state index in [4.69, 9.17) is 0 Å². The average molecular weight is 341 g/mol. The highest BCUT2D eigenvalue weighted by Gasteiger charge is 2.22. The second-order valence-corrected chi connectivity index (χ2v) is 6.21. The number of likely N-dealkylation sites (N-methyl/N-ethyl adjacent to an activating group) is 1. The maximum Gasteiger partial charge on any atom is 0.246 e. The lowest BCUT2D eigenvalue weighted by Gasteiger charge is -2.27.